The van der Waals surface area contributed by atoms with Gasteiger partial charge < -0.3 is 39.4 Å². The number of phenols is 4. The van der Waals surface area contributed by atoms with E-state index in [2.05, 4.69) is 0 Å². The zero-order valence-corrected chi connectivity index (χ0v) is 29.4. The van der Waals surface area contributed by atoms with Crippen LogP contribution < -0.4 is 18.9 Å². The Morgan fingerprint density at radius 1 is 0.440 bits per heavy atom. The van der Waals surface area contributed by atoms with Gasteiger partial charge in [-0.1, -0.05) is 13.8 Å². The van der Waals surface area contributed by atoms with Gasteiger partial charge in [-0.25, -0.2) is 0 Å². The number of Topliss-reactive ketones (excluding diaryl/α,β-unsaturated/α-hetero) is 4. The lowest BCUT2D eigenvalue weighted by Gasteiger charge is -2.06. The summed E-state index contributed by atoms with van der Waals surface area (Å²) in [6, 6.07) is 17.8. The zero-order valence-electron chi connectivity index (χ0n) is 29.4. The van der Waals surface area contributed by atoms with E-state index in [4.69, 9.17) is 39.4 Å². The summed E-state index contributed by atoms with van der Waals surface area (Å²) >= 11 is 0. The summed E-state index contributed by atoms with van der Waals surface area (Å²) in [5.41, 5.74) is 2.00. The first-order valence-electron chi connectivity index (χ1n) is 15.2. The van der Waals surface area contributed by atoms with Crippen molar-refractivity contribution in [2.75, 3.05) is 28.4 Å². The van der Waals surface area contributed by atoms with Gasteiger partial charge in [-0.3, -0.25) is 19.2 Å². The molecule has 0 saturated heterocycles. The Bertz CT molecular complexity index is 1630. The van der Waals surface area contributed by atoms with Crippen LogP contribution in [-0.4, -0.2) is 72.0 Å². The molecule has 0 atom stereocenters. The van der Waals surface area contributed by atoms with Gasteiger partial charge in [0.15, 0.2) is 23.1 Å². The molecular formula is C38H44O12. The molecule has 12 nitrogen and oxygen atoms in total. The maximum absolute atomic E-state index is 11.3. The minimum atomic E-state index is -0.0770. The van der Waals surface area contributed by atoms with Crippen molar-refractivity contribution in [3.05, 3.63) is 95.1 Å². The number of phenolic OH excluding ortho intramolecular Hbond substituents is 4. The first-order chi connectivity index (χ1) is 23.7. The second-order valence-corrected chi connectivity index (χ2v) is 10.2. The third-order valence-electron chi connectivity index (χ3n) is 6.74. The molecule has 4 N–H and O–H groups in total. The minimum Gasteiger partial charge on any atom is -0.508 e. The number of aromatic hydroxyl groups is 4. The van der Waals surface area contributed by atoms with Gasteiger partial charge in [-0.15, -0.1) is 0 Å². The molecule has 4 aromatic carbocycles. The third kappa shape index (κ3) is 12.9. The lowest BCUT2D eigenvalue weighted by molar-refractivity contribution is 0.0977. The van der Waals surface area contributed by atoms with Crippen LogP contribution >= 0.6 is 0 Å². The fourth-order valence-corrected chi connectivity index (χ4v) is 4.14. The largest absolute Gasteiger partial charge is 0.508 e. The van der Waals surface area contributed by atoms with E-state index in [1.807, 2.05) is 0 Å². The highest BCUT2D eigenvalue weighted by Crippen LogP contribution is 2.27. The molecule has 50 heavy (non-hydrogen) atoms. The summed E-state index contributed by atoms with van der Waals surface area (Å²) in [5.74, 6) is 1.92. The molecule has 0 bridgehead atoms. The molecule has 4 aromatic rings. The van der Waals surface area contributed by atoms with Crippen LogP contribution in [0.2, 0.25) is 0 Å². The number of carbonyl (C=O) groups excluding carboxylic acids is 4. The molecule has 0 spiro atoms. The van der Waals surface area contributed by atoms with E-state index in [1.54, 1.807) is 26.0 Å². The molecule has 268 valence electrons. The number of hydrogen-bond donors (Lipinski definition) is 4. The van der Waals surface area contributed by atoms with Crippen molar-refractivity contribution in [1.82, 2.24) is 0 Å². The molecule has 12 heteroatoms. The SMILES string of the molecule is CCC(=O)c1ccc(O)cc1OC.CCC(=O)c1ccc(O)cc1OC.COc1cc(O)ccc1C(C)=O.COc1cc(O)ccc1C(C)=O. The average molecular weight is 693 g/mol. The molecule has 0 aliphatic carbocycles. The number of benzene rings is 4. The zero-order chi connectivity index (χ0) is 38.0. The molecule has 0 aliphatic heterocycles. The van der Waals surface area contributed by atoms with E-state index in [0.717, 1.165) is 0 Å². The van der Waals surface area contributed by atoms with E-state index < -0.39 is 0 Å². The van der Waals surface area contributed by atoms with Crippen LogP contribution in [0.5, 0.6) is 46.0 Å². The Hall–Kier alpha value is -6.04. The Balaban J connectivity index is 0.000000334. The van der Waals surface area contributed by atoms with E-state index >= 15 is 0 Å². The van der Waals surface area contributed by atoms with Gasteiger partial charge in [0.2, 0.25) is 0 Å². The summed E-state index contributed by atoms with van der Waals surface area (Å²) in [6.07, 6.45) is 0.863. The fourth-order valence-electron chi connectivity index (χ4n) is 4.14. The first kappa shape index (κ1) is 42.0. The lowest BCUT2D eigenvalue weighted by Crippen LogP contribution is -1.99. The van der Waals surface area contributed by atoms with Crippen molar-refractivity contribution in [2.24, 2.45) is 0 Å². The van der Waals surface area contributed by atoms with E-state index in [-0.39, 0.29) is 46.1 Å². The van der Waals surface area contributed by atoms with Gasteiger partial charge in [0.25, 0.3) is 0 Å². The van der Waals surface area contributed by atoms with Crippen molar-refractivity contribution in [3.63, 3.8) is 0 Å². The Morgan fingerprint density at radius 3 is 0.860 bits per heavy atom. The highest BCUT2D eigenvalue weighted by molar-refractivity contribution is 5.99. The first-order valence-corrected chi connectivity index (χ1v) is 15.2. The summed E-state index contributed by atoms with van der Waals surface area (Å²) in [4.78, 5) is 44.6. The normalized spacial score (nSPS) is 9.60. The summed E-state index contributed by atoms with van der Waals surface area (Å²) < 4.78 is 19.7. The molecular weight excluding hydrogens is 648 g/mol. The summed E-state index contributed by atoms with van der Waals surface area (Å²) in [5, 5.41) is 36.4. The Labute approximate surface area is 291 Å². The third-order valence-corrected chi connectivity index (χ3v) is 6.74. The van der Waals surface area contributed by atoms with Crippen LogP contribution in [0.1, 0.15) is 82.0 Å². The molecule has 0 aromatic heterocycles. The van der Waals surface area contributed by atoms with Crippen LogP contribution in [0.4, 0.5) is 0 Å². The molecule has 0 amide bonds. The van der Waals surface area contributed by atoms with Gasteiger partial charge in [0, 0.05) is 37.1 Å². The van der Waals surface area contributed by atoms with E-state index in [1.165, 1.54) is 103 Å². The monoisotopic (exact) mass is 692 g/mol. The van der Waals surface area contributed by atoms with Crippen LogP contribution in [0.15, 0.2) is 72.8 Å². The van der Waals surface area contributed by atoms with Crippen molar-refractivity contribution in [3.8, 4) is 46.0 Å². The molecule has 0 heterocycles. The number of ether oxygens (including phenoxy) is 4. The van der Waals surface area contributed by atoms with Gasteiger partial charge in [-0.05, 0) is 62.4 Å². The van der Waals surface area contributed by atoms with Crippen molar-refractivity contribution >= 4 is 23.1 Å². The maximum atomic E-state index is 11.3. The predicted octanol–water partition coefficient (Wildman–Crippen LogP) is 7.19. The smallest absolute Gasteiger partial charge is 0.166 e. The molecule has 0 aliphatic rings. The molecule has 0 radical (unpaired) electrons. The minimum absolute atomic E-state index is 0.0110. The average Bonchev–Trinajstić information content (AvgIpc) is 3.11. The standard InChI is InChI=1S/2C10H12O3.2C9H10O3/c2*1-3-9(12)8-5-4-7(11)6-10(8)13-2;2*1-6(10)8-4-3-7(11)5-9(8)12-2/h2*4-6,11H,3H2,1-2H3;2*3-5,11H,1-2H3. The predicted molar refractivity (Wildman–Crippen MR) is 188 cm³/mol. The van der Waals surface area contributed by atoms with Crippen LogP contribution in [0, 0.1) is 0 Å². The number of ketones is 4. The van der Waals surface area contributed by atoms with Crippen LogP contribution in [0.3, 0.4) is 0 Å². The van der Waals surface area contributed by atoms with Crippen LogP contribution in [-0.2, 0) is 0 Å². The van der Waals surface area contributed by atoms with Crippen molar-refractivity contribution in [1.29, 1.82) is 0 Å². The maximum Gasteiger partial charge on any atom is 0.166 e. The van der Waals surface area contributed by atoms with Gasteiger partial charge in [0.05, 0.1) is 50.7 Å². The number of methoxy groups -OCH3 is 4. The highest BCUT2D eigenvalue weighted by Gasteiger charge is 2.12. The topological polar surface area (TPSA) is 186 Å². The van der Waals surface area contributed by atoms with Crippen molar-refractivity contribution in [2.45, 2.75) is 40.5 Å². The number of rotatable bonds is 10. The molecule has 4 rings (SSSR count). The van der Waals surface area contributed by atoms with Crippen molar-refractivity contribution < 1.29 is 58.6 Å². The Kier molecular flexibility index (Phi) is 17.7. The molecule has 0 fully saturated rings. The van der Waals surface area contributed by atoms with E-state index in [9.17, 15) is 19.2 Å². The van der Waals surface area contributed by atoms with Crippen LogP contribution in [0.25, 0.3) is 0 Å². The molecule has 0 saturated carbocycles. The van der Waals surface area contributed by atoms with Gasteiger partial charge >= 0.3 is 0 Å². The van der Waals surface area contributed by atoms with Gasteiger partial charge in [0.1, 0.15) is 46.0 Å². The van der Waals surface area contributed by atoms with E-state index in [0.29, 0.717) is 58.1 Å². The summed E-state index contributed by atoms with van der Waals surface area (Å²) in [7, 11) is 5.87. The number of hydrogen-bond acceptors (Lipinski definition) is 12. The lowest BCUT2D eigenvalue weighted by atomic mass is 10.1. The second-order valence-electron chi connectivity index (χ2n) is 10.2. The summed E-state index contributed by atoms with van der Waals surface area (Å²) in [6.45, 7) is 6.48. The quantitative estimate of drug-likeness (QED) is 0.123. The second kappa shape index (κ2) is 21.0. The Morgan fingerprint density at radius 2 is 0.660 bits per heavy atom. The fraction of sp³-hybridized carbons (Fsp3) is 0.263. The molecule has 0 unspecified atom stereocenters. The number of carbonyl (C=O) groups is 4. The highest BCUT2D eigenvalue weighted by atomic mass is 16.5. The van der Waals surface area contributed by atoms with Gasteiger partial charge in [-0.2, -0.15) is 0 Å².